The molecular formula is C20H27ClN2. The van der Waals surface area contributed by atoms with Gasteiger partial charge in [-0.25, -0.2) is 0 Å². The van der Waals surface area contributed by atoms with Crippen molar-refractivity contribution in [2.45, 2.75) is 56.9 Å². The molecule has 1 aliphatic heterocycles. The molecule has 3 unspecified atom stereocenters. The van der Waals surface area contributed by atoms with Gasteiger partial charge >= 0.3 is 0 Å². The molecule has 4 fully saturated rings. The van der Waals surface area contributed by atoms with Crippen LogP contribution in [0, 0.1) is 17.3 Å². The van der Waals surface area contributed by atoms with E-state index in [-0.39, 0.29) is 12.4 Å². The second kappa shape index (κ2) is 5.24. The summed E-state index contributed by atoms with van der Waals surface area (Å²) in [5, 5.41) is 3.73. The molecule has 0 spiro atoms. The second-order valence-corrected chi connectivity index (χ2v) is 8.59. The number of benzene rings is 1. The molecule has 1 heterocycles. The third-order valence-electron chi connectivity index (χ3n) is 7.13. The Bertz CT molecular complexity index is 610. The average Bonchev–Trinajstić information content (AvgIpc) is 2.94. The second-order valence-electron chi connectivity index (χ2n) is 8.59. The van der Waals surface area contributed by atoms with E-state index in [0.29, 0.717) is 16.9 Å². The minimum absolute atomic E-state index is 0. The Morgan fingerprint density at radius 3 is 2.35 bits per heavy atom. The van der Waals surface area contributed by atoms with E-state index in [2.05, 4.69) is 47.6 Å². The summed E-state index contributed by atoms with van der Waals surface area (Å²) < 4.78 is 0. The van der Waals surface area contributed by atoms with Gasteiger partial charge in [0.1, 0.15) is 0 Å². The third kappa shape index (κ3) is 2.25. The minimum Gasteiger partial charge on any atom is -0.369 e. The monoisotopic (exact) mass is 330 g/mol. The third-order valence-corrected chi connectivity index (χ3v) is 7.13. The zero-order valence-corrected chi connectivity index (χ0v) is 14.7. The molecule has 1 aromatic carbocycles. The van der Waals surface area contributed by atoms with Crippen molar-refractivity contribution >= 4 is 18.2 Å². The Kier molecular flexibility index (Phi) is 3.53. The predicted molar refractivity (Wildman–Crippen MR) is 97.4 cm³/mol. The van der Waals surface area contributed by atoms with Crippen molar-refractivity contribution in [2.24, 2.45) is 22.2 Å². The van der Waals surface area contributed by atoms with Crippen LogP contribution in [0.1, 0.15) is 51.0 Å². The Balaban J connectivity index is 0.00000135. The number of nitrogens with zero attached hydrogens (tertiary/aromatic N) is 1. The van der Waals surface area contributed by atoms with E-state index in [9.17, 15) is 0 Å². The van der Waals surface area contributed by atoms with Gasteiger partial charge in [-0.1, -0.05) is 30.3 Å². The summed E-state index contributed by atoms with van der Waals surface area (Å²) in [6.45, 7) is 3.14. The van der Waals surface area contributed by atoms with Crippen molar-refractivity contribution in [3.63, 3.8) is 0 Å². The SMILES string of the molecule is CC1=NCC(C23CC4CC(CC(c5ccccc5)(C4)C2)C3)N1.Cl. The molecule has 0 amide bonds. The maximum absolute atomic E-state index is 4.68. The molecule has 0 radical (unpaired) electrons. The Morgan fingerprint density at radius 2 is 1.74 bits per heavy atom. The van der Waals surface area contributed by atoms with E-state index < -0.39 is 0 Å². The first-order valence-electron chi connectivity index (χ1n) is 9.01. The van der Waals surface area contributed by atoms with Gasteiger partial charge in [-0.3, -0.25) is 4.99 Å². The molecule has 6 rings (SSSR count). The first-order valence-corrected chi connectivity index (χ1v) is 9.01. The van der Waals surface area contributed by atoms with Gasteiger partial charge in [0.15, 0.2) is 0 Å². The molecule has 4 aliphatic carbocycles. The Hall–Kier alpha value is -1.02. The summed E-state index contributed by atoms with van der Waals surface area (Å²) in [7, 11) is 0. The van der Waals surface area contributed by atoms with Crippen molar-refractivity contribution in [1.29, 1.82) is 0 Å². The average molecular weight is 331 g/mol. The van der Waals surface area contributed by atoms with Gasteiger partial charge < -0.3 is 5.32 Å². The van der Waals surface area contributed by atoms with E-state index >= 15 is 0 Å². The molecule has 0 saturated heterocycles. The maximum Gasteiger partial charge on any atom is 0.0935 e. The van der Waals surface area contributed by atoms with Crippen LogP contribution in [0.15, 0.2) is 35.3 Å². The summed E-state index contributed by atoms with van der Waals surface area (Å²) in [4.78, 5) is 4.68. The molecule has 2 nitrogen and oxygen atoms in total. The number of aliphatic imine (C=N–C) groups is 1. The van der Waals surface area contributed by atoms with E-state index in [4.69, 9.17) is 0 Å². The highest BCUT2D eigenvalue weighted by Crippen LogP contribution is 2.66. The Morgan fingerprint density at radius 1 is 1.04 bits per heavy atom. The quantitative estimate of drug-likeness (QED) is 0.857. The zero-order chi connectivity index (χ0) is 14.8. The smallest absolute Gasteiger partial charge is 0.0935 e. The molecule has 1 N–H and O–H groups in total. The van der Waals surface area contributed by atoms with Crippen molar-refractivity contribution in [1.82, 2.24) is 5.32 Å². The summed E-state index contributed by atoms with van der Waals surface area (Å²) in [6, 6.07) is 12.0. The minimum atomic E-state index is 0. The van der Waals surface area contributed by atoms with Crippen molar-refractivity contribution in [2.75, 3.05) is 6.54 Å². The predicted octanol–water partition coefficient (Wildman–Crippen LogP) is 4.34. The van der Waals surface area contributed by atoms with Crippen LogP contribution >= 0.6 is 12.4 Å². The highest BCUT2D eigenvalue weighted by Gasteiger charge is 2.60. The zero-order valence-electron chi connectivity index (χ0n) is 13.9. The van der Waals surface area contributed by atoms with Crippen molar-refractivity contribution in [3.8, 4) is 0 Å². The first kappa shape index (κ1) is 15.5. The van der Waals surface area contributed by atoms with E-state index in [0.717, 1.165) is 24.2 Å². The molecule has 3 atom stereocenters. The van der Waals surface area contributed by atoms with Gasteiger partial charge in [-0.2, -0.15) is 0 Å². The topological polar surface area (TPSA) is 24.4 Å². The van der Waals surface area contributed by atoms with E-state index in [1.54, 1.807) is 5.56 Å². The highest BCUT2D eigenvalue weighted by atomic mass is 35.5. The Labute approximate surface area is 145 Å². The standard InChI is InChI=1S/C20H26N2.ClH/c1-14-21-12-18(22-14)20-10-15-7-16(11-20)9-19(8-15,13-20)17-5-3-2-4-6-17;/h2-6,15-16,18H,7-13H2,1H3,(H,21,22);1H. The van der Waals surface area contributed by atoms with Crippen LogP contribution in [-0.4, -0.2) is 18.4 Å². The van der Waals surface area contributed by atoms with Gasteiger partial charge in [-0.15, -0.1) is 12.4 Å². The van der Waals surface area contributed by atoms with Crippen molar-refractivity contribution in [3.05, 3.63) is 35.9 Å². The lowest BCUT2D eigenvalue weighted by molar-refractivity contribution is -0.0853. The fourth-order valence-electron chi connectivity index (χ4n) is 6.79. The summed E-state index contributed by atoms with van der Waals surface area (Å²) in [6.07, 6.45) is 8.63. The maximum atomic E-state index is 4.68. The van der Waals surface area contributed by atoms with E-state index in [1.807, 2.05) is 0 Å². The van der Waals surface area contributed by atoms with Crippen LogP contribution < -0.4 is 5.32 Å². The van der Waals surface area contributed by atoms with Crippen molar-refractivity contribution < 1.29 is 0 Å². The fourth-order valence-corrected chi connectivity index (χ4v) is 6.79. The van der Waals surface area contributed by atoms with Crippen LogP contribution in [0.4, 0.5) is 0 Å². The van der Waals surface area contributed by atoms with Gasteiger partial charge in [0.25, 0.3) is 0 Å². The number of halogens is 1. The number of hydrogen-bond donors (Lipinski definition) is 1. The van der Waals surface area contributed by atoms with Crippen LogP contribution in [0.2, 0.25) is 0 Å². The molecule has 3 heteroatoms. The molecule has 0 aromatic heterocycles. The fraction of sp³-hybridized carbons (Fsp3) is 0.650. The molecule has 23 heavy (non-hydrogen) atoms. The van der Waals surface area contributed by atoms with Crippen LogP contribution in [-0.2, 0) is 5.41 Å². The van der Waals surface area contributed by atoms with Gasteiger partial charge in [0.2, 0.25) is 0 Å². The molecule has 4 bridgehead atoms. The van der Waals surface area contributed by atoms with Crippen LogP contribution in [0.5, 0.6) is 0 Å². The normalized spacial score (nSPS) is 43.7. The number of nitrogens with one attached hydrogen (secondary N) is 1. The van der Waals surface area contributed by atoms with Crippen LogP contribution in [0.25, 0.3) is 0 Å². The molecular weight excluding hydrogens is 304 g/mol. The lowest BCUT2D eigenvalue weighted by Gasteiger charge is -2.64. The number of hydrogen-bond acceptors (Lipinski definition) is 2. The van der Waals surface area contributed by atoms with Gasteiger partial charge in [-0.05, 0) is 73.7 Å². The lowest BCUT2D eigenvalue weighted by atomic mass is 9.41. The van der Waals surface area contributed by atoms with Gasteiger partial charge in [0, 0.05) is 0 Å². The number of amidine groups is 1. The lowest BCUT2D eigenvalue weighted by Crippen LogP contribution is -2.60. The molecule has 1 aromatic rings. The molecule has 4 saturated carbocycles. The summed E-state index contributed by atoms with van der Waals surface area (Å²) in [5.41, 5.74) is 2.58. The first-order chi connectivity index (χ1) is 10.7. The highest BCUT2D eigenvalue weighted by molar-refractivity contribution is 5.85. The molecule has 124 valence electrons. The van der Waals surface area contributed by atoms with Crippen LogP contribution in [0.3, 0.4) is 0 Å². The largest absolute Gasteiger partial charge is 0.369 e. The van der Waals surface area contributed by atoms with E-state index in [1.165, 1.54) is 38.5 Å². The summed E-state index contributed by atoms with van der Waals surface area (Å²) in [5.74, 6) is 3.06. The summed E-state index contributed by atoms with van der Waals surface area (Å²) >= 11 is 0. The number of rotatable bonds is 2. The molecule has 5 aliphatic rings. The van der Waals surface area contributed by atoms with Gasteiger partial charge in [0.05, 0.1) is 18.4 Å².